The maximum Gasteiger partial charge on any atom is 0.0234 e. The molecule has 1 N–H and O–H groups in total. The lowest BCUT2D eigenvalue weighted by molar-refractivity contribution is 0.129. The van der Waals surface area contributed by atoms with Gasteiger partial charge in [-0.25, -0.2) is 0 Å². The van der Waals surface area contributed by atoms with Crippen molar-refractivity contribution < 1.29 is 0 Å². The van der Waals surface area contributed by atoms with Gasteiger partial charge in [0.1, 0.15) is 0 Å². The van der Waals surface area contributed by atoms with Crippen LogP contribution in [0.15, 0.2) is 24.3 Å². The smallest absolute Gasteiger partial charge is 0.0234 e. The number of benzene rings is 1. The van der Waals surface area contributed by atoms with Gasteiger partial charge in [-0.1, -0.05) is 31.2 Å². The minimum Gasteiger partial charge on any atom is -0.319 e. The molecule has 0 amide bonds. The van der Waals surface area contributed by atoms with E-state index in [0.717, 1.165) is 13.1 Å². The zero-order chi connectivity index (χ0) is 15.2. The van der Waals surface area contributed by atoms with Gasteiger partial charge in [0, 0.05) is 25.7 Å². The summed E-state index contributed by atoms with van der Waals surface area (Å²) in [6.07, 6.45) is 2.66. The Morgan fingerprint density at radius 1 is 1.33 bits per heavy atom. The maximum absolute atomic E-state index is 3.25. The molecule has 1 aromatic carbocycles. The van der Waals surface area contributed by atoms with Crippen molar-refractivity contribution in [2.24, 2.45) is 0 Å². The molecule has 118 valence electrons. The summed E-state index contributed by atoms with van der Waals surface area (Å²) in [4.78, 5) is 4.97. The Balaban J connectivity index is 1.90. The van der Waals surface area contributed by atoms with Crippen LogP contribution in [0.4, 0.5) is 0 Å². The predicted octanol–water partition coefficient (Wildman–Crippen LogP) is 2.54. The van der Waals surface area contributed by atoms with Crippen molar-refractivity contribution in [3.63, 3.8) is 0 Å². The zero-order valence-electron chi connectivity index (χ0n) is 14.1. The number of nitrogens with one attached hydrogen (secondary N) is 1. The van der Waals surface area contributed by atoms with Gasteiger partial charge in [-0.3, -0.25) is 4.90 Å². The van der Waals surface area contributed by atoms with Crippen LogP contribution in [0.5, 0.6) is 0 Å². The Kier molecular flexibility index (Phi) is 6.22. The number of likely N-dealkylation sites (tertiary alicyclic amines) is 1. The van der Waals surface area contributed by atoms with Crippen LogP contribution in [-0.2, 0) is 6.54 Å². The topological polar surface area (TPSA) is 18.5 Å². The van der Waals surface area contributed by atoms with Crippen molar-refractivity contribution in [1.29, 1.82) is 0 Å². The monoisotopic (exact) mass is 289 g/mol. The molecule has 2 rings (SSSR count). The molecule has 2 unspecified atom stereocenters. The van der Waals surface area contributed by atoms with Crippen molar-refractivity contribution >= 4 is 0 Å². The summed E-state index contributed by atoms with van der Waals surface area (Å²) in [7, 11) is 6.51. The fraction of sp³-hybridized carbons (Fsp3) is 0.667. The van der Waals surface area contributed by atoms with Crippen LogP contribution in [0, 0.1) is 0 Å². The number of hydrogen-bond donors (Lipinski definition) is 1. The molecule has 1 saturated heterocycles. The van der Waals surface area contributed by atoms with Gasteiger partial charge < -0.3 is 10.2 Å². The van der Waals surface area contributed by atoms with Gasteiger partial charge in [-0.2, -0.15) is 0 Å². The number of hydrogen-bond acceptors (Lipinski definition) is 3. The van der Waals surface area contributed by atoms with Gasteiger partial charge in [0.15, 0.2) is 0 Å². The highest BCUT2D eigenvalue weighted by atomic mass is 15.2. The SMILES string of the molecule is CNCC(C)c1ccc(CN(C)C2CCCN(C)C2)cc1. The Morgan fingerprint density at radius 3 is 2.67 bits per heavy atom. The second-order valence-electron chi connectivity index (χ2n) is 6.67. The molecule has 21 heavy (non-hydrogen) atoms. The lowest BCUT2D eigenvalue weighted by Crippen LogP contribution is -2.44. The summed E-state index contributed by atoms with van der Waals surface area (Å²) in [5, 5.41) is 3.25. The Morgan fingerprint density at radius 2 is 2.05 bits per heavy atom. The number of piperidine rings is 1. The highest BCUT2D eigenvalue weighted by Gasteiger charge is 2.20. The molecule has 1 aliphatic rings. The minimum atomic E-state index is 0.578. The average Bonchev–Trinajstić information content (AvgIpc) is 2.48. The average molecular weight is 289 g/mol. The van der Waals surface area contributed by atoms with Gasteiger partial charge >= 0.3 is 0 Å². The van der Waals surface area contributed by atoms with E-state index in [1.807, 2.05) is 7.05 Å². The van der Waals surface area contributed by atoms with E-state index in [0.29, 0.717) is 12.0 Å². The number of rotatable bonds is 6. The first-order valence-electron chi connectivity index (χ1n) is 8.22. The largest absolute Gasteiger partial charge is 0.319 e. The molecular weight excluding hydrogens is 258 g/mol. The van der Waals surface area contributed by atoms with E-state index in [4.69, 9.17) is 0 Å². The van der Waals surface area contributed by atoms with Crippen LogP contribution >= 0.6 is 0 Å². The van der Waals surface area contributed by atoms with Crippen molar-refractivity contribution in [2.75, 3.05) is 40.8 Å². The Bertz CT molecular complexity index is 415. The molecule has 1 heterocycles. The first kappa shape index (κ1) is 16.5. The normalized spacial score (nSPS) is 21.7. The Labute approximate surface area is 130 Å². The molecule has 0 spiro atoms. The molecule has 2 atom stereocenters. The predicted molar refractivity (Wildman–Crippen MR) is 90.8 cm³/mol. The fourth-order valence-electron chi connectivity index (χ4n) is 3.29. The molecule has 1 aliphatic heterocycles. The summed E-state index contributed by atoms with van der Waals surface area (Å²) in [5.74, 6) is 0.578. The standard InChI is InChI=1S/C18H31N3/c1-15(12-19-2)17-9-7-16(8-10-17)13-21(4)18-6-5-11-20(3)14-18/h7-10,15,18-19H,5-6,11-14H2,1-4H3. The zero-order valence-corrected chi connectivity index (χ0v) is 14.1. The second kappa shape index (κ2) is 7.92. The molecule has 3 heteroatoms. The lowest BCUT2D eigenvalue weighted by atomic mass is 9.99. The van der Waals surface area contributed by atoms with E-state index < -0.39 is 0 Å². The Hall–Kier alpha value is -0.900. The van der Waals surface area contributed by atoms with Gasteiger partial charge in [-0.05, 0) is 57.6 Å². The molecule has 0 radical (unpaired) electrons. The van der Waals surface area contributed by atoms with Crippen LogP contribution in [0.2, 0.25) is 0 Å². The fourth-order valence-corrected chi connectivity index (χ4v) is 3.29. The van der Waals surface area contributed by atoms with Crippen LogP contribution in [0.25, 0.3) is 0 Å². The lowest BCUT2D eigenvalue weighted by Gasteiger charge is -2.36. The first-order valence-corrected chi connectivity index (χ1v) is 8.22. The summed E-state index contributed by atoms with van der Waals surface area (Å²) in [5.41, 5.74) is 2.85. The number of nitrogens with zero attached hydrogens (tertiary/aromatic N) is 2. The van der Waals surface area contributed by atoms with Gasteiger partial charge in [0.2, 0.25) is 0 Å². The van der Waals surface area contributed by atoms with Crippen molar-refractivity contribution in [1.82, 2.24) is 15.1 Å². The first-order chi connectivity index (χ1) is 10.1. The molecule has 1 fully saturated rings. The molecule has 3 nitrogen and oxygen atoms in total. The van der Waals surface area contributed by atoms with Crippen LogP contribution in [0.3, 0.4) is 0 Å². The molecule has 1 aromatic rings. The van der Waals surface area contributed by atoms with Crippen LogP contribution < -0.4 is 5.32 Å². The second-order valence-corrected chi connectivity index (χ2v) is 6.67. The van der Waals surface area contributed by atoms with Crippen molar-refractivity contribution in [3.05, 3.63) is 35.4 Å². The van der Waals surface area contributed by atoms with E-state index in [1.54, 1.807) is 0 Å². The quantitative estimate of drug-likeness (QED) is 0.868. The van der Waals surface area contributed by atoms with E-state index in [9.17, 15) is 0 Å². The molecule has 0 saturated carbocycles. The molecule has 0 bridgehead atoms. The third-order valence-electron chi connectivity index (χ3n) is 4.71. The van der Waals surface area contributed by atoms with Gasteiger partial charge in [-0.15, -0.1) is 0 Å². The van der Waals surface area contributed by atoms with Gasteiger partial charge in [0.25, 0.3) is 0 Å². The van der Waals surface area contributed by atoms with Crippen LogP contribution in [0.1, 0.15) is 36.8 Å². The van der Waals surface area contributed by atoms with E-state index in [2.05, 4.69) is 60.4 Å². The summed E-state index contributed by atoms with van der Waals surface area (Å²) in [6.45, 7) is 6.82. The maximum atomic E-state index is 3.25. The van der Waals surface area contributed by atoms with Crippen LogP contribution in [-0.4, -0.2) is 56.6 Å². The third-order valence-corrected chi connectivity index (χ3v) is 4.71. The molecule has 0 aromatic heterocycles. The molecular formula is C18H31N3. The molecule has 0 aliphatic carbocycles. The summed E-state index contributed by atoms with van der Waals surface area (Å²) < 4.78 is 0. The van der Waals surface area contributed by atoms with Crippen molar-refractivity contribution in [2.45, 2.75) is 38.3 Å². The number of likely N-dealkylation sites (N-methyl/N-ethyl adjacent to an activating group) is 3. The van der Waals surface area contributed by atoms with E-state index >= 15 is 0 Å². The highest BCUT2D eigenvalue weighted by Crippen LogP contribution is 2.18. The van der Waals surface area contributed by atoms with E-state index in [-0.39, 0.29) is 0 Å². The minimum absolute atomic E-state index is 0.578. The third kappa shape index (κ3) is 4.80. The summed E-state index contributed by atoms with van der Waals surface area (Å²) >= 11 is 0. The van der Waals surface area contributed by atoms with Gasteiger partial charge in [0.05, 0.1) is 0 Å². The summed E-state index contributed by atoms with van der Waals surface area (Å²) in [6, 6.07) is 9.87. The van der Waals surface area contributed by atoms with E-state index in [1.165, 1.54) is 37.1 Å². The van der Waals surface area contributed by atoms with Crippen molar-refractivity contribution in [3.8, 4) is 0 Å². The highest BCUT2D eigenvalue weighted by molar-refractivity contribution is 5.25.